The fourth-order valence-electron chi connectivity index (χ4n) is 2.72. The molecule has 0 bridgehead atoms. The number of aromatic hydroxyl groups is 3. The molecule has 0 unspecified atom stereocenters. The molecule has 1 aliphatic rings. The van der Waals surface area contributed by atoms with Crippen LogP contribution in [-0.2, 0) is 0 Å². The van der Waals surface area contributed by atoms with Crippen molar-refractivity contribution in [2.75, 3.05) is 13.9 Å². The Balaban J connectivity index is 2.11. The zero-order valence-electron chi connectivity index (χ0n) is 12.9. The summed E-state index contributed by atoms with van der Waals surface area (Å²) in [6, 6.07) is 5.19. The van der Waals surface area contributed by atoms with Gasteiger partial charge in [0, 0.05) is 11.6 Å². The maximum absolute atomic E-state index is 12.8. The zero-order chi connectivity index (χ0) is 17.7. The fourth-order valence-corrected chi connectivity index (χ4v) is 2.72. The Bertz CT molecular complexity index is 1070. The lowest BCUT2D eigenvalue weighted by atomic mass is 10.1. The first kappa shape index (κ1) is 15.0. The van der Waals surface area contributed by atoms with Gasteiger partial charge in [0.25, 0.3) is 0 Å². The molecule has 0 spiro atoms. The SMILES string of the molecule is COc1c(-c2ccc(O)c(O)c2)oc2c3c(cc(O)c2c1=O)OCO3. The summed E-state index contributed by atoms with van der Waals surface area (Å²) < 4.78 is 21.5. The van der Waals surface area contributed by atoms with Gasteiger partial charge in [-0.15, -0.1) is 0 Å². The summed E-state index contributed by atoms with van der Waals surface area (Å²) in [5.74, 6) is -0.740. The number of benzene rings is 2. The highest BCUT2D eigenvalue weighted by Gasteiger charge is 2.27. The van der Waals surface area contributed by atoms with Crippen molar-refractivity contribution in [1.82, 2.24) is 0 Å². The van der Waals surface area contributed by atoms with E-state index in [-0.39, 0.29) is 58.0 Å². The maximum Gasteiger partial charge on any atom is 0.239 e. The van der Waals surface area contributed by atoms with Crippen LogP contribution in [0.2, 0.25) is 0 Å². The van der Waals surface area contributed by atoms with Gasteiger partial charge < -0.3 is 33.9 Å². The molecule has 25 heavy (non-hydrogen) atoms. The van der Waals surface area contributed by atoms with E-state index in [1.165, 1.54) is 31.4 Å². The normalized spacial score (nSPS) is 12.5. The van der Waals surface area contributed by atoms with Crippen molar-refractivity contribution in [1.29, 1.82) is 0 Å². The molecule has 128 valence electrons. The number of hydrogen-bond acceptors (Lipinski definition) is 8. The molecule has 3 N–H and O–H groups in total. The number of phenols is 3. The predicted molar refractivity (Wildman–Crippen MR) is 85.6 cm³/mol. The van der Waals surface area contributed by atoms with E-state index in [4.69, 9.17) is 18.6 Å². The number of methoxy groups -OCH3 is 1. The molecule has 1 aromatic heterocycles. The molecule has 0 amide bonds. The van der Waals surface area contributed by atoms with E-state index < -0.39 is 5.43 Å². The van der Waals surface area contributed by atoms with Gasteiger partial charge in [0.1, 0.15) is 11.1 Å². The molecule has 0 aliphatic carbocycles. The molecule has 3 aromatic rings. The van der Waals surface area contributed by atoms with Gasteiger partial charge in [-0.1, -0.05) is 0 Å². The summed E-state index contributed by atoms with van der Waals surface area (Å²) >= 11 is 0. The van der Waals surface area contributed by atoms with Crippen LogP contribution < -0.4 is 19.6 Å². The maximum atomic E-state index is 12.8. The van der Waals surface area contributed by atoms with Crippen LogP contribution in [0.1, 0.15) is 0 Å². The molecular weight excluding hydrogens is 332 g/mol. The molecule has 0 radical (unpaired) electrons. The van der Waals surface area contributed by atoms with E-state index in [1.807, 2.05) is 0 Å². The molecule has 8 heteroatoms. The minimum Gasteiger partial charge on any atom is -0.507 e. The molecule has 4 rings (SSSR count). The average molecular weight is 344 g/mol. The summed E-state index contributed by atoms with van der Waals surface area (Å²) in [7, 11) is 1.28. The van der Waals surface area contributed by atoms with Crippen LogP contribution in [0.4, 0.5) is 0 Å². The van der Waals surface area contributed by atoms with E-state index >= 15 is 0 Å². The van der Waals surface area contributed by atoms with Crippen LogP contribution >= 0.6 is 0 Å². The zero-order valence-corrected chi connectivity index (χ0v) is 12.9. The van der Waals surface area contributed by atoms with Crippen molar-refractivity contribution in [3.05, 3.63) is 34.5 Å². The second kappa shape index (κ2) is 5.23. The molecule has 0 saturated carbocycles. The first-order chi connectivity index (χ1) is 12.0. The van der Waals surface area contributed by atoms with Crippen LogP contribution in [0.5, 0.6) is 34.5 Å². The Morgan fingerprint density at radius 1 is 1.04 bits per heavy atom. The van der Waals surface area contributed by atoms with Crippen molar-refractivity contribution in [3.63, 3.8) is 0 Å². The fraction of sp³-hybridized carbons (Fsp3) is 0.118. The van der Waals surface area contributed by atoms with Gasteiger partial charge in [-0.3, -0.25) is 4.79 Å². The molecule has 0 fully saturated rings. The summed E-state index contributed by atoms with van der Waals surface area (Å²) in [5.41, 5.74) is -0.315. The number of hydrogen-bond donors (Lipinski definition) is 3. The molecular formula is C17H12O8. The quantitative estimate of drug-likeness (QED) is 0.606. The molecule has 0 saturated heterocycles. The molecule has 2 heterocycles. The van der Waals surface area contributed by atoms with Crippen molar-refractivity contribution < 1.29 is 33.9 Å². The Labute approximate surface area is 140 Å². The lowest BCUT2D eigenvalue weighted by molar-refractivity contribution is 0.174. The van der Waals surface area contributed by atoms with Crippen molar-refractivity contribution in [3.8, 4) is 45.8 Å². The monoisotopic (exact) mass is 344 g/mol. The summed E-state index contributed by atoms with van der Waals surface area (Å²) in [5, 5.41) is 29.2. The van der Waals surface area contributed by atoms with Crippen molar-refractivity contribution in [2.45, 2.75) is 0 Å². The van der Waals surface area contributed by atoms with Gasteiger partial charge in [0.05, 0.1) is 7.11 Å². The number of phenolic OH excluding ortho intramolecular Hbond substituents is 3. The standard InChI is InChI=1S/C17H12O8/c1-22-17-13(21)12-10(20)5-11-15(24-6-23-11)16(12)25-14(17)7-2-3-8(18)9(19)4-7/h2-5,18-20H,6H2,1H3. The second-order valence-electron chi connectivity index (χ2n) is 5.33. The van der Waals surface area contributed by atoms with Gasteiger partial charge >= 0.3 is 0 Å². The van der Waals surface area contributed by atoms with Crippen molar-refractivity contribution in [2.24, 2.45) is 0 Å². The second-order valence-corrected chi connectivity index (χ2v) is 5.33. The highest BCUT2D eigenvalue weighted by molar-refractivity contribution is 5.93. The average Bonchev–Trinajstić information content (AvgIpc) is 3.05. The molecule has 8 nitrogen and oxygen atoms in total. The van der Waals surface area contributed by atoms with E-state index in [2.05, 4.69) is 0 Å². The highest BCUT2D eigenvalue weighted by atomic mass is 16.7. The van der Waals surface area contributed by atoms with E-state index in [1.54, 1.807) is 0 Å². The third-order valence-corrected chi connectivity index (χ3v) is 3.88. The first-order valence-corrected chi connectivity index (χ1v) is 7.20. The number of fused-ring (bicyclic) bond motifs is 3. The third-order valence-electron chi connectivity index (χ3n) is 3.88. The largest absolute Gasteiger partial charge is 0.507 e. The van der Waals surface area contributed by atoms with Crippen LogP contribution in [0, 0.1) is 0 Å². The Morgan fingerprint density at radius 3 is 2.56 bits per heavy atom. The van der Waals surface area contributed by atoms with Crippen LogP contribution in [0.25, 0.3) is 22.3 Å². The first-order valence-electron chi connectivity index (χ1n) is 7.20. The lowest BCUT2D eigenvalue weighted by Gasteiger charge is -2.11. The predicted octanol–water partition coefficient (Wildman–Crippen LogP) is 2.31. The Morgan fingerprint density at radius 2 is 1.84 bits per heavy atom. The van der Waals surface area contributed by atoms with E-state index in [9.17, 15) is 20.1 Å². The van der Waals surface area contributed by atoms with Crippen molar-refractivity contribution >= 4 is 11.0 Å². The molecule has 2 aromatic carbocycles. The molecule has 0 atom stereocenters. The summed E-state index contributed by atoms with van der Waals surface area (Å²) in [4.78, 5) is 12.8. The lowest BCUT2D eigenvalue weighted by Crippen LogP contribution is -2.08. The Kier molecular flexibility index (Phi) is 3.14. The van der Waals surface area contributed by atoms with Gasteiger partial charge in [0.15, 0.2) is 28.6 Å². The van der Waals surface area contributed by atoms with Gasteiger partial charge in [-0.25, -0.2) is 0 Å². The Hall–Kier alpha value is -3.55. The van der Waals surface area contributed by atoms with Gasteiger partial charge in [-0.05, 0) is 18.2 Å². The van der Waals surface area contributed by atoms with Crippen LogP contribution in [0.15, 0.2) is 33.5 Å². The summed E-state index contributed by atoms with van der Waals surface area (Å²) in [6.45, 7) is -0.0705. The summed E-state index contributed by atoms with van der Waals surface area (Å²) in [6.07, 6.45) is 0. The molecule has 1 aliphatic heterocycles. The van der Waals surface area contributed by atoms with E-state index in [0.717, 1.165) is 0 Å². The minimum atomic E-state index is -0.609. The van der Waals surface area contributed by atoms with Crippen LogP contribution in [-0.4, -0.2) is 29.2 Å². The van der Waals surface area contributed by atoms with Gasteiger partial charge in [0.2, 0.25) is 23.7 Å². The van der Waals surface area contributed by atoms with E-state index in [0.29, 0.717) is 5.56 Å². The number of ether oxygens (including phenoxy) is 3. The number of rotatable bonds is 2. The van der Waals surface area contributed by atoms with Crippen LogP contribution in [0.3, 0.4) is 0 Å². The highest BCUT2D eigenvalue weighted by Crippen LogP contribution is 2.45. The minimum absolute atomic E-state index is 0.000801. The third kappa shape index (κ3) is 2.11. The smallest absolute Gasteiger partial charge is 0.239 e. The van der Waals surface area contributed by atoms with Gasteiger partial charge in [-0.2, -0.15) is 0 Å². The topological polar surface area (TPSA) is 119 Å².